The Hall–Kier alpha value is -2.41. The molecule has 28 heavy (non-hydrogen) atoms. The molecule has 1 saturated heterocycles. The number of carbonyl (C=O) groups excluding carboxylic acids is 1. The molecule has 0 unspecified atom stereocenters. The molecule has 0 aliphatic carbocycles. The number of fused-ring (bicyclic) bond motifs is 1. The monoisotopic (exact) mass is 383 g/mol. The summed E-state index contributed by atoms with van der Waals surface area (Å²) in [5.41, 5.74) is 2.11. The average molecular weight is 383 g/mol. The molecule has 7 heteroatoms. The summed E-state index contributed by atoms with van der Waals surface area (Å²) in [7, 11) is 2.10. The summed E-state index contributed by atoms with van der Waals surface area (Å²) in [6, 6.07) is 6.02. The summed E-state index contributed by atoms with van der Waals surface area (Å²) in [6.07, 6.45) is 3.06. The molecule has 0 bridgehead atoms. The molecule has 2 aliphatic heterocycles. The summed E-state index contributed by atoms with van der Waals surface area (Å²) in [4.78, 5) is 17.3. The zero-order chi connectivity index (χ0) is 19.7. The van der Waals surface area contributed by atoms with Crippen LogP contribution >= 0.6 is 0 Å². The van der Waals surface area contributed by atoms with E-state index in [-0.39, 0.29) is 18.6 Å². The van der Waals surface area contributed by atoms with E-state index in [2.05, 4.69) is 26.7 Å². The van der Waals surface area contributed by atoms with Gasteiger partial charge in [0, 0.05) is 19.6 Å². The van der Waals surface area contributed by atoms with E-state index in [9.17, 15) is 4.79 Å². The third kappa shape index (κ3) is 3.63. The molecule has 0 radical (unpaired) electrons. The van der Waals surface area contributed by atoms with Gasteiger partial charge in [0.1, 0.15) is 11.6 Å². The Morgan fingerprint density at radius 1 is 1.14 bits per heavy atom. The second-order valence-electron chi connectivity index (χ2n) is 7.97. The van der Waals surface area contributed by atoms with Crippen molar-refractivity contribution in [3.63, 3.8) is 0 Å². The molecule has 1 aromatic carbocycles. The second-order valence-corrected chi connectivity index (χ2v) is 7.97. The van der Waals surface area contributed by atoms with Gasteiger partial charge in [-0.1, -0.05) is 18.2 Å². The van der Waals surface area contributed by atoms with E-state index < -0.39 is 0 Å². The number of aromatic nitrogens is 3. The first kappa shape index (κ1) is 18.9. The number of likely N-dealkylation sites (N-methyl/N-ethyl adjacent to an activating group) is 1. The van der Waals surface area contributed by atoms with Crippen LogP contribution in [0.4, 0.5) is 0 Å². The molecule has 7 nitrogen and oxygen atoms in total. The van der Waals surface area contributed by atoms with Crippen LogP contribution in [0.5, 0.6) is 5.75 Å². The van der Waals surface area contributed by atoms with Crippen LogP contribution in [0.15, 0.2) is 18.2 Å². The maximum atomic E-state index is 13.1. The minimum Gasteiger partial charge on any atom is -0.483 e. The lowest BCUT2D eigenvalue weighted by Gasteiger charge is -2.36. The number of para-hydroxylation sites is 1. The van der Waals surface area contributed by atoms with Gasteiger partial charge in [0.15, 0.2) is 12.4 Å². The Bertz CT molecular complexity index is 842. The molecule has 3 heterocycles. The SMILES string of the molecule is Cc1cccc(C)c1OCC(=O)N1CCCC[C@@H]1c1nnc2n1CCN(C)C2. The van der Waals surface area contributed by atoms with Gasteiger partial charge in [0.05, 0.1) is 12.6 Å². The molecule has 4 rings (SSSR count). The Balaban J connectivity index is 1.50. The fourth-order valence-corrected chi connectivity index (χ4v) is 4.29. The lowest BCUT2D eigenvalue weighted by Crippen LogP contribution is -2.42. The number of likely N-dealkylation sites (tertiary alicyclic amines) is 1. The molecule has 0 spiro atoms. The Kier molecular flexibility index (Phi) is 5.35. The summed E-state index contributed by atoms with van der Waals surface area (Å²) in [5, 5.41) is 8.88. The van der Waals surface area contributed by atoms with E-state index in [4.69, 9.17) is 4.74 Å². The van der Waals surface area contributed by atoms with E-state index in [1.165, 1.54) is 0 Å². The lowest BCUT2D eigenvalue weighted by molar-refractivity contribution is -0.137. The highest BCUT2D eigenvalue weighted by Crippen LogP contribution is 2.31. The van der Waals surface area contributed by atoms with Gasteiger partial charge in [0.2, 0.25) is 0 Å². The van der Waals surface area contributed by atoms with Gasteiger partial charge < -0.3 is 14.2 Å². The van der Waals surface area contributed by atoms with Crippen LogP contribution in [-0.4, -0.2) is 57.2 Å². The number of ether oxygens (including phenoxy) is 1. The van der Waals surface area contributed by atoms with E-state index >= 15 is 0 Å². The van der Waals surface area contributed by atoms with E-state index in [0.717, 1.165) is 74.0 Å². The standard InChI is InChI=1S/C21H29N5O2/c1-15-7-6-8-16(2)20(15)28-14-19(27)25-10-5-4-9-17(25)21-23-22-18-13-24(3)11-12-26(18)21/h6-8,17H,4-5,9-14H2,1-3H3/t17-/m1/s1. The van der Waals surface area contributed by atoms with Crippen molar-refractivity contribution in [1.82, 2.24) is 24.6 Å². The largest absolute Gasteiger partial charge is 0.483 e. The summed E-state index contributed by atoms with van der Waals surface area (Å²) in [5.74, 6) is 2.77. The minimum absolute atomic E-state index is 0.00697. The molecule has 0 N–H and O–H groups in total. The smallest absolute Gasteiger partial charge is 0.261 e. The van der Waals surface area contributed by atoms with Crippen LogP contribution in [-0.2, 0) is 17.9 Å². The van der Waals surface area contributed by atoms with Crippen LogP contribution in [0, 0.1) is 13.8 Å². The van der Waals surface area contributed by atoms with Crippen molar-refractivity contribution in [2.24, 2.45) is 0 Å². The molecule has 0 saturated carbocycles. The maximum absolute atomic E-state index is 13.1. The predicted octanol–water partition coefficient (Wildman–Crippen LogP) is 2.47. The molecule has 1 fully saturated rings. The first-order chi connectivity index (χ1) is 13.5. The quantitative estimate of drug-likeness (QED) is 0.812. The average Bonchev–Trinajstić information content (AvgIpc) is 3.10. The number of nitrogens with zero attached hydrogens (tertiary/aromatic N) is 5. The molecule has 1 aromatic heterocycles. The number of hydrogen-bond acceptors (Lipinski definition) is 5. The summed E-state index contributed by atoms with van der Waals surface area (Å²) >= 11 is 0. The Labute approximate surface area is 166 Å². The van der Waals surface area contributed by atoms with Gasteiger partial charge in [-0.05, 0) is 51.3 Å². The van der Waals surface area contributed by atoms with Crippen molar-refractivity contribution < 1.29 is 9.53 Å². The van der Waals surface area contributed by atoms with E-state index in [0.29, 0.717) is 0 Å². The lowest BCUT2D eigenvalue weighted by atomic mass is 10.0. The van der Waals surface area contributed by atoms with Crippen LogP contribution in [0.3, 0.4) is 0 Å². The number of amides is 1. The highest BCUT2D eigenvalue weighted by atomic mass is 16.5. The highest BCUT2D eigenvalue weighted by molar-refractivity contribution is 5.78. The van der Waals surface area contributed by atoms with Crippen LogP contribution in [0.2, 0.25) is 0 Å². The van der Waals surface area contributed by atoms with Crippen molar-refractivity contribution in [2.45, 2.75) is 52.2 Å². The zero-order valence-corrected chi connectivity index (χ0v) is 17.0. The van der Waals surface area contributed by atoms with E-state index in [1.807, 2.05) is 36.9 Å². The van der Waals surface area contributed by atoms with Gasteiger partial charge in [-0.2, -0.15) is 0 Å². The van der Waals surface area contributed by atoms with Crippen LogP contribution in [0.25, 0.3) is 0 Å². The van der Waals surface area contributed by atoms with Gasteiger partial charge in [-0.3, -0.25) is 9.69 Å². The summed E-state index contributed by atoms with van der Waals surface area (Å²) in [6.45, 7) is 7.50. The fraction of sp³-hybridized carbons (Fsp3) is 0.571. The number of rotatable bonds is 4. The first-order valence-corrected chi connectivity index (χ1v) is 10.1. The third-order valence-corrected chi connectivity index (χ3v) is 5.84. The topological polar surface area (TPSA) is 63.5 Å². The van der Waals surface area contributed by atoms with Crippen molar-refractivity contribution >= 4 is 5.91 Å². The molecule has 1 amide bonds. The Morgan fingerprint density at radius 2 is 1.93 bits per heavy atom. The first-order valence-electron chi connectivity index (χ1n) is 10.1. The second kappa shape index (κ2) is 7.91. The highest BCUT2D eigenvalue weighted by Gasteiger charge is 2.33. The number of carbonyl (C=O) groups is 1. The van der Waals surface area contributed by atoms with Crippen molar-refractivity contribution in [2.75, 3.05) is 26.7 Å². The molecule has 2 aliphatic rings. The number of aryl methyl sites for hydroxylation is 2. The van der Waals surface area contributed by atoms with E-state index in [1.54, 1.807) is 0 Å². The predicted molar refractivity (Wildman–Crippen MR) is 106 cm³/mol. The third-order valence-electron chi connectivity index (χ3n) is 5.84. The maximum Gasteiger partial charge on any atom is 0.261 e. The van der Waals surface area contributed by atoms with Crippen LogP contribution in [0.1, 0.15) is 48.1 Å². The molecular formula is C21H29N5O2. The van der Waals surface area contributed by atoms with Gasteiger partial charge >= 0.3 is 0 Å². The number of hydrogen-bond donors (Lipinski definition) is 0. The van der Waals surface area contributed by atoms with Crippen molar-refractivity contribution in [3.8, 4) is 5.75 Å². The van der Waals surface area contributed by atoms with Crippen molar-refractivity contribution in [3.05, 3.63) is 41.0 Å². The van der Waals surface area contributed by atoms with Gasteiger partial charge in [-0.15, -0.1) is 10.2 Å². The van der Waals surface area contributed by atoms with Gasteiger partial charge in [-0.25, -0.2) is 0 Å². The number of benzene rings is 1. The molecular weight excluding hydrogens is 354 g/mol. The van der Waals surface area contributed by atoms with Crippen LogP contribution < -0.4 is 4.74 Å². The normalized spacial score (nSPS) is 20.1. The number of piperidine rings is 1. The molecule has 150 valence electrons. The summed E-state index contributed by atoms with van der Waals surface area (Å²) < 4.78 is 8.15. The zero-order valence-electron chi connectivity index (χ0n) is 17.0. The van der Waals surface area contributed by atoms with Crippen molar-refractivity contribution in [1.29, 1.82) is 0 Å². The Morgan fingerprint density at radius 3 is 2.71 bits per heavy atom. The molecule has 2 aromatic rings. The van der Waals surface area contributed by atoms with Gasteiger partial charge in [0.25, 0.3) is 5.91 Å². The fourth-order valence-electron chi connectivity index (χ4n) is 4.29. The molecule has 1 atom stereocenters. The minimum atomic E-state index is -0.00697.